The number of aryl methyl sites for hydroxylation is 1. The van der Waals surface area contributed by atoms with Crippen LogP contribution in [0.15, 0.2) is 103 Å². The van der Waals surface area contributed by atoms with Crippen LogP contribution < -0.4 is 10.1 Å². The van der Waals surface area contributed by atoms with Crippen LogP contribution in [0.25, 0.3) is 11.1 Å². The van der Waals surface area contributed by atoms with E-state index in [4.69, 9.17) is 4.74 Å². The Hall–Kier alpha value is -3.40. The molecule has 2 N–H and O–H groups in total. The van der Waals surface area contributed by atoms with Crippen molar-refractivity contribution in [3.63, 3.8) is 0 Å². The summed E-state index contributed by atoms with van der Waals surface area (Å²) < 4.78 is 5.33. The Balaban J connectivity index is 1.59. The van der Waals surface area contributed by atoms with E-state index < -0.39 is 6.10 Å². The average Bonchev–Trinajstić information content (AvgIpc) is 2.88. The highest BCUT2D eigenvalue weighted by Crippen LogP contribution is 2.34. The van der Waals surface area contributed by atoms with Crippen LogP contribution in [0, 0.1) is 6.92 Å². The summed E-state index contributed by atoms with van der Waals surface area (Å²) in [6, 6.07) is 35.5. The van der Waals surface area contributed by atoms with E-state index in [1.165, 1.54) is 27.8 Å². The SMILES string of the molecule is COc1cccc(CNC[C@H](O)[C@@H](Cc2ccccc2)c2ccc(C)cc2-c2ccccc2)c1. The van der Waals surface area contributed by atoms with E-state index >= 15 is 0 Å². The Morgan fingerprint density at radius 2 is 1.50 bits per heavy atom. The molecule has 0 aromatic heterocycles. The Morgan fingerprint density at radius 1 is 0.794 bits per heavy atom. The summed E-state index contributed by atoms with van der Waals surface area (Å²) in [5, 5.41) is 14.9. The number of methoxy groups -OCH3 is 1. The molecule has 4 aromatic carbocycles. The first-order chi connectivity index (χ1) is 16.6. The molecule has 4 rings (SSSR count). The number of hydrogen-bond donors (Lipinski definition) is 2. The van der Waals surface area contributed by atoms with Crippen molar-refractivity contribution < 1.29 is 9.84 Å². The number of rotatable bonds is 10. The molecule has 0 saturated heterocycles. The van der Waals surface area contributed by atoms with Crippen LogP contribution in [0.3, 0.4) is 0 Å². The zero-order valence-corrected chi connectivity index (χ0v) is 19.9. The minimum atomic E-state index is -0.545. The minimum Gasteiger partial charge on any atom is -0.497 e. The van der Waals surface area contributed by atoms with Crippen molar-refractivity contribution in [3.05, 3.63) is 125 Å². The second kappa shape index (κ2) is 11.6. The maximum absolute atomic E-state index is 11.5. The lowest BCUT2D eigenvalue weighted by Gasteiger charge is -2.27. The Kier molecular flexibility index (Phi) is 8.13. The zero-order chi connectivity index (χ0) is 23.8. The van der Waals surface area contributed by atoms with Crippen LogP contribution >= 0.6 is 0 Å². The third-order valence-electron chi connectivity index (χ3n) is 6.27. The fourth-order valence-corrected chi connectivity index (χ4v) is 4.47. The molecule has 0 fully saturated rings. The molecule has 4 aromatic rings. The summed E-state index contributed by atoms with van der Waals surface area (Å²) in [4.78, 5) is 0. The molecule has 3 nitrogen and oxygen atoms in total. The lowest BCUT2D eigenvalue weighted by atomic mass is 9.82. The van der Waals surface area contributed by atoms with Crippen molar-refractivity contribution in [1.82, 2.24) is 5.32 Å². The lowest BCUT2D eigenvalue weighted by molar-refractivity contribution is 0.140. The van der Waals surface area contributed by atoms with Crippen molar-refractivity contribution in [2.45, 2.75) is 31.9 Å². The second-order valence-corrected chi connectivity index (χ2v) is 8.80. The van der Waals surface area contributed by atoms with Crippen LogP contribution in [0.4, 0.5) is 0 Å². The first kappa shape index (κ1) is 23.7. The maximum atomic E-state index is 11.5. The predicted molar refractivity (Wildman–Crippen MR) is 140 cm³/mol. The van der Waals surface area contributed by atoms with E-state index in [-0.39, 0.29) is 5.92 Å². The van der Waals surface area contributed by atoms with E-state index in [0.717, 1.165) is 17.7 Å². The van der Waals surface area contributed by atoms with Crippen LogP contribution in [0.5, 0.6) is 5.75 Å². The first-order valence-electron chi connectivity index (χ1n) is 11.9. The van der Waals surface area contributed by atoms with Gasteiger partial charge in [-0.15, -0.1) is 0 Å². The Labute approximate surface area is 203 Å². The smallest absolute Gasteiger partial charge is 0.119 e. The summed E-state index contributed by atoms with van der Waals surface area (Å²) in [5.41, 5.74) is 7.11. The molecule has 0 spiro atoms. The molecule has 0 radical (unpaired) electrons. The largest absolute Gasteiger partial charge is 0.497 e. The van der Waals surface area contributed by atoms with Gasteiger partial charge in [0.1, 0.15) is 5.75 Å². The predicted octanol–water partition coefficient (Wildman–Crippen LogP) is 6.15. The second-order valence-electron chi connectivity index (χ2n) is 8.80. The molecule has 0 heterocycles. The number of aliphatic hydroxyl groups is 1. The van der Waals surface area contributed by atoms with E-state index in [9.17, 15) is 5.11 Å². The molecular formula is C31H33NO2. The molecule has 0 aliphatic heterocycles. The zero-order valence-electron chi connectivity index (χ0n) is 19.9. The van der Waals surface area contributed by atoms with E-state index in [0.29, 0.717) is 13.1 Å². The van der Waals surface area contributed by atoms with Crippen LogP contribution in [-0.2, 0) is 13.0 Å². The van der Waals surface area contributed by atoms with Crippen molar-refractivity contribution in [2.24, 2.45) is 0 Å². The molecule has 0 aliphatic carbocycles. The average molecular weight is 452 g/mol. The molecule has 2 atom stereocenters. The molecule has 0 unspecified atom stereocenters. The number of ether oxygens (including phenoxy) is 1. The van der Waals surface area contributed by atoms with Crippen molar-refractivity contribution >= 4 is 0 Å². The first-order valence-corrected chi connectivity index (χ1v) is 11.9. The topological polar surface area (TPSA) is 41.5 Å². The van der Waals surface area contributed by atoms with Gasteiger partial charge in [-0.3, -0.25) is 0 Å². The van der Waals surface area contributed by atoms with Crippen molar-refractivity contribution in [2.75, 3.05) is 13.7 Å². The van der Waals surface area contributed by atoms with Gasteiger partial charge in [0.2, 0.25) is 0 Å². The molecule has 34 heavy (non-hydrogen) atoms. The van der Waals surface area contributed by atoms with Gasteiger partial charge in [-0.2, -0.15) is 0 Å². The van der Waals surface area contributed by atoms with Crippen molar-refractivity contribution in [1.29, 1.82) is 0 Å². The van der Waals surface area contributed by atoms with Gasteiger partial charge >= 0.3 is 0 Å². The lowest BCUT2D eigenvalue weighted by Crippen LogP contribution is -2.33. The standard InChI is InChI=1S/C31H33NO2/c1-23-16-17-28(29(18-23)26-13-7-4-8-14-26)30(20-24-10-5-3-6-11-24)31(33)22-32-21-25-12-9-15-27(19-25)34-2/h3-19,30-33H,20-22H2,1-2H3/t30-,31-/m0/s1. The third-order valence-corrected chi connectivity index (χ3v) is 6.27. The van der Waals surface area contributed by atoms with Crippen LogP contribution in [-0.4, -0.2) is 24.9 Å². The molecule has 174 valence electrons. The molecular weight excluding hydrogens is 418 g/mol. The quantitative estimate of drug-likeness (QED) is 0.304. The molecule has 0 bridgehead atoms. The Bertz CT molecular complexity index is 1170. The van der Waals surface area contributed by atoms with Gasteiger partial charge in [0.25, 0.3) is 0 Å². The van der Waals surface area contributed by atoms with E-state index in [2.05, 4.69) is 85.0 Å². The molecule has 3 heteroatoms. The highest BCUT2D eigenvalue weighted by Gasteiger charge is 2.24. The van der Waals surface area contributed by atoms with Gasteiger partial charge in [-0.25, -0.2) is 0 Å². The fourth-order valence-electron chi connectivity index (χ4n) is 4.47. The highest BCUT2D eigenvalue weighted by atomic mass is 16.5. The summed E-state index contributed by atoms with van der Waals surface area (Å²) in [6.07, 6.45) is 0.224. The summed E-state index contributed by atoms with van der Waals surface area (Å²) in [5.74, 6) is 0.796. The van der Waals surface area contributed by atoms with Crippen molar-refractivity contribution in [3.8, 4) is 16.9 Å². The number of hydrogen-bond acceptors (Lipinski definition) is 3. The van der Waals surface area contributed by atoms with E-state index in [1.54, 1.807) is 7.11 Å². The highest BCUT2D eigenvalue weighted by molar-refractivity contribution is 5.69. The van der Waals surface area contributed by atoms with Gasteiger partial charge in [0.15, 0.2) is 0 Å². The summed E-state index contributed by atoms with van der Waals surface area (Å²) >= 11 is 0. The van der Waals surface area contributed by atoms with Crippen LogP contribution in [0.2, 0.25) is 0 Å². The summed E-state index contributed by atoms with van der Waals surface area (Å²) in [6.45, 7) is 3.29. The molecule has 0 saturated carbocycles. The van der Waals surface area contributed by atoms with Gasteiger partial charge in [-0.1, -0.05) is 96.6 Å². The number of benzene rings is 4. The monoisotopic (exact) mass is 451 g/mol. The molecule has 0 amide bonds. The van der Waals surface area contributed by atoms with Gasteiger partial charge < -0.3 is 15.2 Å². The molecule has 0 aliphatic rings. The van der Waals surface area contributed by atoms with E-state index in [1.807, 2.05) is 30.3 Å². The number of aliphatic hydroxyl groups excluding tert-OH is 1. The Morgan fingerprint density at radius 3 is 2.24 bits per heavy atom. The normalized spacial score (nSPS) is 12.8. The van der Waals surface area contributed by atoms with Gasteiger partial charge in [0, 0.05) is 19.0 Å². The minimum absolute atomic E-state index is 0.0454. The summed E-state index contributed by atoms with van der Waals surface area (Å²) in [7, 11) is 1.68. The van der Waals surface area contributed by atoms with Gasteiger partial charge in [0.05, 0.1) is 13.2 Å². The third kappa shape index (κ3) is 6.13. The maximum Gasteiger partial charge on any atom is 0.119 e. The fraction of sp³-hybridized carbons (Fsp3) is 0.226. The number of nitrogens with one attached hydrogen (secondary N) is 1. The van der Waals surface area contributed by atoms with Crippen LogP contribution in [0.1, 0.15) is 28.2 Å². The van der Waals surface area contributed by atoms with Gasteiger partial charge in [-0.05, 0) is 53.3 Å².